The van der Waals surface area contributed by atoms with Crippen LogP contribution in [0.4, 0.5) is 4.39 Å². The number of halogens is 2. The van der Waals surface area contributed by atoms with E-state index in [4.69, 9.17) is 0 Å². The minimum absolute atomic E-state index is 0.239. The summed E-state index contributed by atoms with van der Waals surface area (Å²) < 4.78 is 16.1. The summed E-state index contributed by atoms with van der Waals surface area (Å²) in [7, 11) is 0. The normalized spacial score (nSPS) is 11.0. The third-order valence-corrected chi connectivity index (χ3v) is 3.93. The van der Waals surface area contributed by atoms with Crippen molar-refractivity contribution in [1.82, 2.24) is 15.2 Å². The monoisotopic (exact) mass is 400 g/mol. The summed E-state index contributed by atoms with van der Waals surface area (Å²) in [6.45, 7) is 0.555. The Morgan fingerprint density at radius 1 is 1.20 bits per heavy atom. The number of nitrogens with one attached hydrogen (secondary N) is 1. The van der Waals surface area contributed by atoms with E-state index in [-0.39, 0.29) is 5.69 Å². The molecular weight excluding hydrogens is 387 g/mol. The van der Waals surface area contributed by atoms with Gasteiger partial charge in [-0.15, -0.1) is 0 Å². The van der Waals surface area contributed by atoms with Crippen LogP contribution in [0.25, 0.3) is 0 Å². The summed E-state index contributed by atoms with van der Waals surface area (Å²) in [4.78, 5) is 12.0. The number of hydrogen-bond donors (Lipinski definition) is 1. The van der Waals surface area contributed by atoms with E-state index in [0.717, 1.165) is 10.0 Å². The van der Waals surface area contributed by atoms with Crippen LogP contribution in [0, 0.1) is 5.82 Å². The zero-order valence-corrected chi connectivity index (χ0v) is 14.6. The van der Waals surface area contributed by atoms with Crippen LogP contribution in [-0.4, -0.2) is 21.9 Å². The maximum atomic E-state index is 13.4. The molecule has 3 rings (SSSR count). The van der Waals surface area contributed by atoms with E-state index in [1.807, 2.05) is 24.3 Å². The molecule has 0 unspecified atom stereocenters. The molecule has 126 valence electrons. The van der Waals surface area contributed by atoms with Crippen LogP contribution in [-0.2, 0) is 6.54 Å². The van der Waals surface area contributed by atoms with E-state index in [9.17, 15) is 9.18 Å². The first kappa shape index (κ1) is 17.0. The minimum atomic E-state index is -0.456. The van der Waals surface area contributed by atoms with Crippen LogP contribution < -0.4 is 5.43 Å². The molecule has 1 amide bonds. The van der Waals surface area contributed by atoms with Crippen molar-refractivity contribution in [3.8, 4) is 0 Å². The molecule has 0 saturated heterocycles. The van der Waals surface area contributed by atoms with Crippen molar-refractivity contribution in [1.29, 1.82) is 0 Å². The number of hydrazone groups is 1. The Bertz CT molecular complexity index is 905. The second-order valence-electron chi connectivity index (χ2n) is 5.25. The lowest BCUT2D eigenvalue weighted by molar-refractivity contribution is 0.0949. The van der Waals surface area contributed by atoms with Gasteiger partial charge in [0.15, 0.2) is 5.69 Å². The number of amides is 1. The molecule has 0 spiro atoms. The standard InChI is InChI=1S/C18H14BrFN4O/c19-15-7-5-13(6-8-15)12-24-10-9-17(23-24)18(25)22-21-11-14-3-1-2-4-16(14)20/h1-11H,12H2,(H,22,25)/b21-11-. The molecule has 25 heavy (non-hydrogen) atoms. The lowest BCUT2D eigenvalue weighted by Gasteiger charge is -2.02. The van der Waals surface area contributed by atoms with E-state index >= 15 is 0 Å². The molecule has 0 fully saturated rings. The van der Waals surface area contributed by atoms with Crippen molar-refractivity contribution in [2.75, 3.05) is 0 Å². The quantitative estimate of drug-likeness (QED) is 0.525. The van der Waals surface area contributed by atoms with Gasteiger partial charge in [0.2, 0.25) is 0 Å². The van der Waals surface area contributed by atoms with Gasteiger partial charge in [-0.25, -0.2) is 9.82 Å². The fourth-order valence-electron chi connectivity index (χ4n) is 2.15. The number of carbonyl (C=O) groups excluding carboxylic acids is 1. The molecule has 7 heteroatoms. The molecule has 2 aromatic carbocycles. The van der Waals surface area contributed by atoms with Gasteiger partial charge < -0.3 is 0 Å². The first-order valence-corrected chi connectivity index (χ1v) is 8.27. The van der Waals surface area contributed by atoms with Crippen molar-refractivity contribution in [2.45, 2.75) is 6.54 Å². The topological polar surface area (TPSA) is 59.3 Å². The molecule has 0 aliphatic carbocycles. The van der Waals surface area contributed by atoms with Crippen molar-refractivity contribution in [2.24, 2.45) is 5.10 Å². The summed E-state index contributed by atoms with van der Waals surface area (Å²) in [5, 5.41) is 7.98. The van der Waals surface area contributed by atoms with Gasteiger partial charge in [0.05, 0.1) is 12.8 Å². The fourth-order valence-corrected chi connectivity index (χ4v) is 2.41. The Morgan fingerprint density at radius 2 is 1.96 bits per heavy atom. The van der Waals surface area contributed by atoms with Gasteiger partial charge in [0.1, 0.15) is 5.82 Å². The van der Waals surface area contributed by atoms with E-state index in [2.05, 4.69) is 31.6 Å². The van der Waals surface area contributed by atoms with Crippen LogP contribution in [0.15, 0.2) is 70.4 Å². The molecule has 0 aliphatic heterocycles. The largest absolute Gasteiger partial charge is 0.291 e. The number of nitrogens with zero attached hydrogens (tertiary/aromatic N) is 3. The lowest BCUT2D eigenvalue weighted by atomic mass is 10.2. The zero-order valence-electron chi connectivity index (χ0n) is 13.1. The highest BCUT2D eigenvalue weighted by Gasteiger charge is 2.08. The third kappa shape index (κ3) is 4.60. The molecule has 0 aliphatic rings. The molecule has 1 heterocycles. The van der Waals surface area contributed by atoms with E-state index < -0.39 is 11.7 Å². The van der Waals surface area contributed by atoms with Gasteiger partial charge in [-0.1, -0.05) is 46.3 Å². The first-order chi connectivity index (χ1) is 12.1. The second-order valence-corrected chi connectivity index (χ2v) is 6.16. The molecule has 1 N–H and O–H groups in total. The van der Waals surface area contributed by atoms with Gasteiger partial charge >= 0.3 is 0 Å². The Morgan fingerprint density at radius 3 is 2.72 bits per heavy atom. The van der Waals surface area contributed by atoms with E-state index in [1.165, 1.54) is 12.3 Å². The van der Waals surface area contributed by atoms with Crippen LogP contribution in [0.3, 0.4) is 0 Å². The van der Waals surface area contributed by atoms with Gasteiger partial charge in [-0.05, 0) is 29.8 Å². The highest BCUT2D eigenvalue weighted by molar-refractivity contribution is 9.10. The highest BCUT2D eigenvalue weighted by Crippen LogP contribution is 2.11. The lowest BCUT2D eigenvalue weighted by Crippen LogP contribution is -2.18. The number of aromatic nitrogens is 2. The first-order valence-electron chi connectivity index (χ1n) is 7.47. The molecule has 1 aromatic heterocycles. The maximum Gasteiger partial charge on any atom is 0.291 e. The third-order valence-electron chi connectivity index (χ3n) is 3.41. The van der Waals surface area contributed by atoms with Crippen LogP contribution in [0.5, 0.6) is 0 Å². The van der Waals surface area contributed by atoms with Gasteiger partial charge in [0, 0.05) is 16.2 Å². The maximum absolute atomic E-state index is 13.4. The van der Waals surface area contributed by atoms with Crippen LogP contribution >= 0.6 is 15.9 Å². The average molecular weight is 401 g/mol. The SMILES string of the molecule is O=C(N/N=C\c1ccccc1F)c1ccn(Cc2ccc(Br)cc2)n1. The zero-order chi connectivity index (χ0) is 17.6. The van der Waals surface area contributed by atoms with Gasteiger partial charge in [0.25, 0.3) is 5.91 Å². The van der Waals surface area contributed by atoms with Crippen molar-refractivity contribution in [3.63, 3.8) is 0 Å². The molecule has 5 nitrogen and oxygen atoms in total. The predicted molar refractivity (Wildman–Crippen MR) is 96.9 cm³/mol. The molecular formula is C18H14BrFN4O. The Balaban J connectivity index is 1.60. The molecule has 0 atom stereocenters. The number of benzene rings is 2. The Labute approximate surface area is 152 Å². The molecule has 0 radical (unpaired) electrons. The number of carbonyl (C=O) groups is 1. The predicted octanol–water partition coefficient (Wildman–Crippen LogP) is 3.60. The second kappa shape index (κ2) is 7.85. The summed E-state index contributed by atoms with van der Waals surface area (Å²) in [6.07, 6.45) is 2.98. The van der Waals surface area contributed by atoms with Crippen molar-refractivity contribution >= 4 is 28.1 Å². The fraction of sp³-hybridized carbons (Fsp3) is 0.0556. The smallest absolute Gasteiger partial charge is 0.268 e. The highest BCUT2D eigenvalue weighted by atomic mass is 79.9. The molecule has 0 bridgehead atoms. The van der Waals surface area contributed by atoms with Crippen LogP contribution in [0.1, 0.15) is 21.6 Å². The van der Waals surface area contributed by atoms with E-state index in [0.29, 0.717) is 12.1 Å². The van der Waals surface area contributed by atoms with Gasteiger partial charge in [-0.3, -0.25) is 9.48 Å². The molecule has 3 aromatic rings. The van der Waals surface area contributed by atoms with Gasteiger partial charge in [-0.2, -0.15) is 10.2 Å². The average Bonchev–Trinajstić information content (AvgIpc) is 3.07. The van der Waals surface area contributed by atoms with Crippen molar-refractivity contribution in [3.05, 3.63) is 87.9 Å². The Kier molecular flexibility index (Phi) is 5.35. The number of hydrogen-bond acceptors (Lipinski definition) is 3. The molecule has 0 saturated carbocycles. The van der Waals surface area contributed by atoms with E-state index in [1.54, 1.807) is 35.1 Å². The minimum Gasteiger partial charge on any atom is -0.268 e. The summed E-state index contributed by atoms with van der Waals surface area (Å²) in [5.41, 5.74) is 3.94. The summed E-state index contributed by atoms with van der Waals surface area (Å²) in [5.74, 6) is -0.860. The van der Waals surface area contributed by atoms with Crippen LogP contribution in [0.2, 0.25) is 0 Å². The summed E-state index contributed by atoms with van der Waals surface area (Å²) >= 11 is 3.39. The Hall–Kier alpha value is -2.80. The van der Waals surface area contributed by atoms with Crippen molar-refractivity contribution < 1.29 is 9.18 Å². The summed E-state index contributed by atoms with van der Waals surface area (Å²) in [6, 6.07) is 15.6. The number of rotatable bonds is 5.